The van der Waals surface area contributed by atoms with E-state index in [1.54, 1.807) is 30.3 Å². The second kappa shape index (κ2) is 4.81. The molecule has 3 nitrogen and oxygen atoms in total. The molecule has 2 aromatic carbocycles. The van der Waals surface area contributed by atoms with Crippen molar-refractivity contribution in [1.29, 1.82) is 0 Å². The van der Waals surface area contributed by atoms with E-state index < -0.39 is 5.97 Å². The van der Waals surface area contributed by atoms with Crippen molar-refractivity contribution in [3.8, 4) is 0 Å². The maximum Gasteiger partial charge on any atom is 0.335 e. The standard InChI is InChI=1S/C16H12FNO2/c17-15-5-1-11(2-6-15)8-18-9-13-4-3-12(16(19)20)7-14(13)10-18/h1-7,9-10H,8H2,(H,19,20). The molecule has 0 unspecified atom stereocenters. The summed E-state index contributed by atoms with van der Waals surface area (Å²) in [5, 5.41) is 10.8. The third-order valence-corrected chi connectivity index (χ3v) is 3.22. The predicted octanol–water partition coefficient (Wildman–Crippen LogP) is 3.53. The van der Waals surface area contributed by atoms with E-state index in [0.717, 1.165) is 16.3 Å². The van der Waals surface area contributed by atoms with Crippen molar-refractivity contribution in [3.05, 3.63) is 71.8 Å². The van der Waals surface area contributed by atoms with Gasteiger partial charge in [0.2, 0.25) is 0 Å². The van der Waals surface area contributed by atoms with Gasteiger partial charge in [-0.1, -0.05) is 18.2 Å². The molecule has 0 bridgehead atoms. The molecule has 0 fully saturated rings. The van der Waals surface area contributed by atoms with Gasteiger partial charge in [0, 0.05) is 24.3 Å². The largest absolute Gasteiger partial charge is 0.478 e. The number of carboxylic acids is 1. The van der Waals surface area contributed by atoms with Crippen LogP contribution in [0.25, 0.3) is 10.8 Å². The summed E-state index contributed by atoms with van der Waals surface area (Å²) in [5.41, 5.74) is 1.27. The molecule has 0 spiro atoms. The van der Waals surface area contributed by atoms with E-state index in [9.17, 15) is 9.18 Å². The molecule has 0 saturated heterocycles. The molecule has 1 N–H and O–H groups in total. The highest BCUT2D eigenvalue weighted by Gasteiger charge is 2.05. The first-order valence-corrected chi connectivity index (χ1v) is 6.19. The molecule has 0 aliphatic carbocycles. The molecule has 4 heteroatoms. The number of aromatic carboxylic acids is 1. The topological polar surface area (TPSA) is 42.2 Å². The van der Waals surface area contributed by atoms with Gasteiger partial charge in [0.05, 0.1) is 5.56 Å². The van der Waals surface area contributed by atoms with Crippen LogP contribution in [0.2, 0.25) is 0 Å². The molecular formula is C16H12FNO2. The van der Waals surface area contributed by atoms with Crippen molar-refractivity contribution in [2.45, 2.75) is 6.54 Å². The maximum absolute atomic E-state index is 12.9. The van der Waals surface area contributed by atoms with E-state index in [4.69, 9.17) is 5.11 Å². The second-order valence-corrected chi connectivity index (χ2v) is 4.71. The number of carboxylic acid groups (broad SMARTS) is 1. The quantitative estimate of drug-likeness (QED) is 0.790. The highest BCUT2D eigenvalue weighted by atomic mass is 19.1. The fraction of sp³-hybridized carbons (Fsp3) is 0.0625. The van der Waals surface area contributed by atoms with Crippen LogP contribution in [0, 0.1) is 5.82 Å². The molecule has 0 aliphatic rings. The Hall–Kier alpha value is -2.62. The first kappa shape index (κ1) is 12.4. The lowest BCUT2D eigenvalue weighted by atomic mass is 10.1. The van der Waals surface area contributed by atoms with E-state index in [1.807, 2.05) is 17.0 Å². The minimum Gasteiger partial charge on any atom is -0.478 e. The summed E-state index contributed by atoms with van der Waals surface area (Å²) in [6, 6.07) is 11.4. The Morgan fingerprint density at radius 2 is 1.75 bits per heavy atom. The van der Waals surface area contributed by atoms with Crippen LogP contribution in [0.5, 0.6) is 0 Å². The van der Waals surface area contributed by atoms with Gasteiger partial charge in [-0.25, -0.2) is 9.18 Å². The van der Waals surface area contributed by atoms with E-state index in [-0.39, 0.29) is 11.4 Å². The summed E-state index contributed by atoms with van der Waals surface area (Å²) in [6.07, 6.45) is 3.84. The third-order valence-electron chi connectivity index (χ3n) is 3.22. The first-order chi connectivity index (χ1) is 9.61. The lowest BCUT2D eigenvalue weighted by Crippen LogP contribution is -1.95. The third kappa shape index (κ3) is 2.40. The summed E-state index contributed by atoms with van der Waals surface area (Å²) in [7, 11) is 0. The van der Waals surface area contributed by atoms with E-state index >= 15 is 0 Å². The Bertz CT molecular complexity index is 775. The molecule has 0 amide bonds. The Kier molecular flexibility index (Phi) is 2.99. The van der Waals surface area contributed by atoms with Crippen molar-refractivity contribution in [3.63, 3.8) is 0 Å². The number of aromatic nitrogens is 1. The van der Waals surface area contributed by atoms with Crippen LogP contribution in [0.3, 0.4) is 0 Å². The Balaban J connectivity index is 1.92. The molecule has 100 valence electrons. The summed E-state index contributed by atoms with van der Waals surface area (Å²) in [4.78, 5) is 10.9. The Morgan fingerprint density at radius 1 is 1.05 bits per heavy atom. The van der Waals surface area contributed by atoms with Crippen molar-refractivity contribution in [1.82, 2.24) is 4.57 Å². The van der Waals surface area contributed by atoms with Crippen molar-refractivity contribution < 1.29 is 14.3 Å². The monoisotopic (exact) mass is 269 g/mol. The SMILES string of the molecule is O=C(O)c1ccc2cn(Cc3ccc(F)cc3)cc2c1. The second-order valence-electron chi connectivity index (χ2n) is 4.71. The van der Waals surface area contributed by atoms with Crippen molar-refractivity contribution in [2.75, 3.05) is 0 Å². The fourth-order valence-corrected chi connectivity index (χ4v) is 2.22. The lowest BCUT2D eigenvalue weighted by molar-refractivity contribution is 0.0697. The molecule has 1 heterocycles. The number of benzene rings is 2. The molecule has 3 aromatic rings. The number of carbonyl (C=O) groups is 1. The summed E-state index contributed by atoms with van der Waals surface area (Å²) >= 11 is 0. The number of rotatable bonds is 3. The minimum atomic E-state index is -0.932. The Morgan fingerprint density at radius 3 is 2.45 bits per heavy atom. The van der Waals surface area contributed by atoms with Crippen LogP contribution in [-0.4, -0.2) is 15.6 Å². The van der Waals surface area contributed by atoms with Crippen LogP contribution >= 0.6 is 0 Å². The number of nitrogens with zero attached hydrogens (tertiary/aromatic N) is 1. The molecule has 0 radical (unpaired) electrons. The molecule has 3 rings (SSSR count). The molecule has 0 aliphatic heterocycles. The van der Waals surface area contributed by atoms with Crippen LogP contribution in [0.4, 0.5) is 4.39 Å². The van der Waals surface area contributed by atoms with Gasteiger partial charge in [-0.3, -0.25) is 0 Å². The van der Waals surface area contributed by atoms with E-state index in [2.05, 4.69) is 0 Å². The van der Waals surface area contributed by atoms with Gasteiger partial charge in [0.25, 0.3) is 0 Å². The molecule has 0 saturated carbocycles. The van der Waals surface area contributed by atoms with Crippen LogP contribution in [0.15, 0.2) is 54.9 Å². The van der Waals surface area contributed by atoms with Crippen molar-refractivity contribution in [2.24, 2.45) is 0 Å². The molecule has 20 heavy (non-hydrogen) atoms. The zero-order chi connectivity index (χ0) is 14.1. The highest BCUT2D eigenvalue weighted by Crippen LogP contribution is 2.18. The molecule has 1 aromatic heterocycles. The lowest BCUT2D eigenvalue weighted by Gasteiger charge is -2.02. The predicted molar refractivity (Wildman–Crippen MR) is 74.4 cm³/mol. The highest BCUT2D eigenvalue weighted by molar-refractivity contribution is 5.94. The van der Waals surface area contributed by atoms with Gasteiger partial charge >= 0.3 is 5.97 Å². The van der Waals surface area contributed by atoms with Gasteiger partial charge in [0.15, 0.2) is 0 Å². The summed E-state index contributed by atoms with van der Waals surface area (Å²) < 4.78 is 14.8. The number of halogens is 1. The first-order valence-electron chi connectivity index (χ1n) is 6.19. The van der Waals surface area contributed by atoms with Crippen LogP contribution in [0.1, 0.15) is 15.9 Å². The van der Waals surface area contributed by atoms with Gasteiger partial charge < -0.3 is 9.67 Å². The van der Waals surface area contributed by atoms with E-state index in [0.29, 0.717) is 6.54 Å². The van der Waals surface area contributed by atoms with Gasteiger partial charge in [-0.15, -0.1) is 0 Å². The summed E-state index contributed by atoms with van der Waals surface area (Å²) in [5.74, 6) is -1.18. The van der Waals surface area contributed by atoms with Gasteiger partial charge in [0.1, 0.15) is 5.82 Å². The van der Waals surface area contributed by atoms with Crippen LogP contribution in [-0.2, 0) is 6.54 Å². The summed E-state index contributed by atoms with van der Waals surface area (Å²) in [6.45, 7) is 0.622. The van der Waals surface area contributed by atoms with Gasteiger partial charge in [-0.2, -0.15) is 0 Å². The average molecular weight is 269 g/mol. The van der Waals surface area contributed by atoms with Crippen molar-refractivity contribution >= 4 is 16.7 Å². The average Bonchev–Trinajstić information content (AvgIpc) is 2.82. The zero-order valence-electron chi connectivity index (χ0n) is 10.6. The molecule has 0 atom stereocenters. The normalized spacial score (nSPS) is 10.8. The fourth-order valence-electron chi connectivity index (χ4n) is 2.22. The van der Waals surface area contributed by atoms with E-state index in [1.165, 1.54) is 12.1 Å². The zero-order valence-corrected chi connectivity index (χ0v) is 10.6. The molecular weight excluding hydrogens is 257 g/mol. The minimum absolute atomic E-state index is 0.252. The number of fused-ring (bicyclic) bond motifs is 1. The van der Waals surface area contributed by atoms with Gasteiger partial charge in [-0.05, 0) is 35.2 Å². The number of hydrogen-bond acceptors (Lipinski definition) is 1. The maximum atomic E-state index is 12.9. The van der Waals surface area contributed by atoms with Crippen LogP contribution < -0.4 is 0 Å². The smallest absolute Gasteiger partial charge is 0.335 e. The Labute approximate surface area is 114 Å². The number of hydrogen-bond donors (Lipinski definition) is 1.